The first-order valence-electron chi connectivity index (χ1n) is 6.08. The van der Waals surface area contributed by atoms with E-state index in [-0.39, 0.29) is 11.9 Å². The summed E-state index contributed by atoms with van der Waals surface area (Å²) in [4.78, 5) is 18.0. The second kappa shape index (κ2) is 5.71. The summed E-state index contributed by atoms with van der Waals surface area (Å²) < 4.78 is 6.67. The van der Waals surface area contributed by atoms with E-state index >= 15 is 0 Å². The van der Waals surface area contributed by atoms with E-state index in [2.05, 4.69) is 9.88 Å². The van der Waals surface area contributed by atoms with Crippen molar-refractivity contribution in [3.8, 4) is 0 Å². The van der Waals surface area contributed by atoms with Gasteiger partial charge in [0.25, 0.3) is 0 Å². The van der Waals surface area contributed by atoms with Crippen LogP contribution < -0.4 is 0 Å². The highest BCUT2D eigenvalue weighted by molar-refractivity contribution is 6.29. The maximum Gasteiger partial charge on any atom is 0.309 e. The van der Waals surface area contributed by atoms with Crippen molar-refractivity contribution < 1.29 is 9.53 Å². The number of aromatic nitrogens is 2. The first-order valence-corrected chi connectivity index (χ1v) is 6.46. The van der Waals surface area contributed by atoms with Crippen molar-refractivity contribution in [2.75, 3.05) is 20.2 Å². The van der Waals surface area contributed by atoms with E-state index in [4.69, 9.17) is 16.3 Å². The fourth-order valence-corrected chi connectivity index (χ4v) is 2.48. The number of halogens is 1. The smallest absolute Gasteiger partial charge is 0.309 e. The summed E-state index contributed by atoms with van der Waals surface area (Å²) in [5.41, 5.74) is 0. The van der Waals surface area contributed by atoms with Gasteiger partial charge in [-0.3, -0.25) is 9.69 Å². The number of carbonyl (C=O) groups is 1. The van der Waals surface area contributed by atoms with E-state index in [0.717, 1.165) is 38.3 Å². The maximum atomic E-state index is 11.5. The minimum atomic E-state index is -0.113. The van der Waals surface area contributed by atoms with E-state index < -0.39 is 0 Å². The molecule has 0 spiro atoms. The molecule has 1 aromatic rings. The molecule has 0 amide bonds. The van der Waals surface area contributed by atoms with Crippen LogP contribution in [0, 0.1) is 5.92 Å². The van der Waals surface area contributed by atoms with Gasteiger partial charge in [0.15, 0.2) is 0 Å². The van der Waals surface area contributed by atoms with Crippen molar-refractivity contribution in [3.05, 3.63) is 17.2 Å². The van der Waals surface area contributed by atoms with Gasteiger partial charge in [-0.15, -0.1) is 0 Å². The Morgan fingerprint density at radius 3 is 3.06 bits per heavy atom. The zero-order valence-electron chi connectivity index (χ0n) is 10.7. The zero-order valence-corrected chi connectivity index (χ0v) is 11.5. The molecule has 1 aliphatic rings. The summed E-state index contributed by atoms with van der Waals surface area (Å²) in [5, 5.41) is 0.631. The molecular weight excluding hydrogens is 254 g/mol. The average molecular weight is 272 g/mol. The molecule has 0 aromatic carbocycles. The van der Waals surface area contributed by atoms with Gasteiger partial charge in [-0.2, -0.15) is 0 Å². The molecule has 1 saturated heterocycles. The quantitative estimate of drug-likeness (QED) is 0.781. The number of rotatable bonds is 3. The minimum Gasteiger partial charge on any atom is -0.469 e. The standard InChI is InChI=1S/C12H18ClN3O2/c1-15-10(13)6-14-11(15)8-16-5-3-4-9(7-16)12(17)18-2/h6,9H,3-5,7-8H2,1-2H3. The number of imidazole rings is 1. The SMILES string of the molecule is COC(=O)C1CCCN(Cc2ncc(Cl)n2C)C1. The van der Waals surface area contributed by atoms with Crippen LogP contribution in [0.2, 0.25) is 5.15 Å². The van der Waals surface area contributed by atoms with Crippen LogP contribution in [-0.4, -0.2) is 40.6 Å². The van der Waals surface area contributed by atoms with E-state index in [1.165, 1.54) is 7.11 Å². The van der Waals surface area contributed by atoms with Gasteiger partial charge in [0.2, 0.25) is 0 Å². The Balaban J connectivity index is 1.97. The molecule has 2 rings (SSSR count). The molecule has 18 heavy (non-hydrogen) atoms. The van der Waals surface area contributed by atoms with Gasteiger partial charge in [0.1, 0.15) is 11.0 Å². The van der Waals surface area contributed by atoms with Crippen LogP contribution in [0.3, 0.4) is 0 Å². The van der Waals surface area contributed by atoms with Crippen LogP contribution in [0.25, 0.3) is 0 Å². The van der Waals surface area contributed by atoms with Gasteiger partial charge in [-0.1, -0.05) is 11.6 Å². The lowest BCUT2D eigenvalue weighted by Gasteiger charge is -2.30. The van der Waals surface area contributed by atoms with Crippen molar-refractivity contribution in [3.63, 3.8) is 0 Å². The number of methoxy groups -OCH3 is 1. The third-order valence-electron chi connectivity index (χ3n) is 3.43. The fourth-order valence-electron chi connectivity index (χ4n) is 2.33. The molecule has 5 nitrogen and oxygen atoms in total. The minimum absolute atomic E-state index is 0.0144. The normalized spacial score (nSPS) is 20.9. The molecule has 1 fully saturated rings. The molecule has 0 aliphatic carbocycles. The first kappa shape index (κ1) is 13.4. The molecule has 1 unspecified atom stereocenters. The van der Waals surface area contributed by atoms with E-state index in [1.807, 2.05) is 11.6 Å². The van der Waals surface area contributed by atoms with Crippen molar-refractivity contribution in [1.82, 2.24) is 14.5 Å². The lowest BCUT2D eigenvalue weighted by molar-refractivity contribution is -0.147. The molecule has 0 bridgehead atoms. The molecular formula is C12H18ClN3O2. The van der Waals surface area contributed by atoms with Gasteiger partial charge in [-0.05, 0) is 19.4 Å². The van der Waals surface area contributed by atoms with Crippen molar-refractivity contribution >= 4 is 17.6 Å². The third-order valence-corrected chi connectivity index (χ3v) is 3.78. The average Bonchev–Trinajstić information content (AvgIpc) is 2.70. The van der Waals surface area contributed by atoms with E-state index in [1.54, 1.807) is 6.20 Å². The van der Waals surface area contributed by atoms with Gasteiger partial charge in [0, 0.05) is 13.6 Å². The monoisotopic (exact) mass is 271 g/mol. The van der Waals surface area contributed by atoms with Crippen molar-refractivity contribution in [1.29, 1.82) is 0 Å². The highest BCUT2D eigenvalue weighted by atomic mass is 35.5. The van der Waals surface area contributed by atoms with Gasteiger partial charge >= 0.3 is 5.97 Å². The third kappa shape index (κ3) is 2.84. The van der Waals surface area contributed by atoms with Crippen LogP contribution in [0.5, 0.6) is 0 Å². The molecule has 1 atom stereocenters. The van der Waals surface area contributed by atoms with Crippen LogP contribution in [0.15, 0.2) is 6.20 Å². The van der Waals surface area contributed by atoms with Crippen molar-refractivity contribution in [2.24, 2.45) is 13.0 Å². The Morgan fingerprint density at radius 1 is 1.67 bits per heavy atom. The number of esters is 1. The number of likely N-dealkylation sites (tertiary alicyclic amines) is 1. The predicted octanol–water partition coefficient (Wildman–Crippen LogP) is 1.46. The van der Waals surface area contributed by atoms with Crippen LogP contribution in [-0.2, 0) is 23.1 Å². The fraction of sp³-hybridized carbons (Fsp3) is 0.667. The van der Waals surface area contributed by atoms with Gasteiger partial charge in [-0.25, -0.2) is 4.98 Å². The second-order valence-electron chi connectivity index (χ2n) is 4.65. The Labute approximate surface area is 112 Å². The molecule has 0 N–H and O–H groups in total. The Morgan fingerprint density at radius 2 is 2.44 bits per heavy atom. The summed E-state index contributed by atoms with van der Waals surface area (Å²) in [6.45, 7) is 2.44. The lowest BCUT2D eigenvalue weighted by Crippen LogP contribution is -2.39. The molecule has 100 valence electrons. The van der Waals surface area contributed by atoms with Gasteiger partial charge in [0.05, 0.1) is 25.8 Å². The number of nitrogens with zero attached hydrogens (tertiary/aromatic N) is 3. The summed E-state index contributed by atoms with van der Waals surface area (Å²) >= 11 is 5.96. The van der Waals surface area contributed by atoms with Crippen LogP contribution >= 0.6 is 11.6 Å². The molecule has 6 heteroatoms. The summed E-state index contributed by atoms with van der Waals surface area (Å²) in [5.74, 6) is 0.794. The first-order chi connectivity index (χ1) is 8.61. The number of ether oxygens (including phenoxy) is 1. The Bertz CT molecular complexity index is 433. The summed E-state index contributed by atoms with van der Waals surface area (Å²) in [6.07, 6.45) is 3.57. The van der Waals surface area contributed by atoms with Crippen LogP contribution in [0.1, 0.15) is 18.7 Å². The topological polar surface area (TPSA) is 47.4 Å². The lowest BCUT2D eigenvalue weighted by atomic mass is 9.98. The van der Waals surface area contributed by atoms with E-state index in [9.17, 15) is 4.79 Å². The van der Waals surface area contributed by atoms with Crippen molar-refractivity contribution in [2.45, 2.75) is 19.4 Å². The highest BCUT2D eigenvalue weighted by Crippen LogP contribution is 2.20. The molecule has 0 saturated carbocycles. The maximum absolute atomic E-state index is 11.5. The highest BCUT2D eigenvalue weighted by Gasteiger charge is 2.27. The molecule has 1 aliphatic heterocycles. The number of hydrogen-bond acceptors (Lipinski definition) is 4. The summed E-state index contributed by atoms with van der Waals surface area (Å²) in [6, 6.07) is 0. The number of piperidine rings is 1. The zero-order chi connectivity index (χ0) is 13.1. The number of carbonyl (C=O) groups excluding carboxylic acids is 1. The Hall–Kier alpha value is -1.07. The van der Waals surface area contributed by atoms with E-state index in [0.29, 0.717) is 5.15 Å². The largest absolute Gasteiger partial charge is 0.469 e. The number of hydrogen-bond donors (Lipinski definition) is 0. The summed E-state index contributed by atoms with van der Waals surface area (Å²) in [7, 11) is 3.34. The Kier molecular flexibility index (Phi) is 4.24. The predicted molar refractivity (Wildman–Crippen MR) is 68.2 cm³/mol. The molecule has 2 heterocycles. The molecule has 1 aromatic heterocycles. The second-order valence-corrected chi connectivity index (χ2v) is 5.04. The van der Waals surface area contributed by atoms with Crippen LogP contribution in [0.4, 0.5) is 0 Å². The molecule has 0 radical (unpaired) electrons. The van der Waals surface area contributed by atoms with Gasteiger partial charge < -0.3 is 9.30 Å².